The molecule has 0 unspecified atom stereocenters. The highest BCUT2D eigenvalue weighted by atomic mass is 32.2. The molecule has 0 aliphatic rings. The van der Waals surface area contributed by atoms with Crippen LogP contribution in [-0.2, 0) is 16.4 Å². The number of guanidine groups is 1. The highest BCUT2D eigenvalue weighted by Crippen LogP contribution is 2.07. The third-order valence-corrected chi connectivity index (χ3v) is 5.22. The number of nitrogens with zero attached hydrogens (tertiary/aromatic N) is 2. The Morgan fingerprint density at radius 3 is 2.70 bits per heavy atom. The number of hydrogen-bond donors (Lipinski definition) is 3. The molecular weight excluding hydrogens is 334 g/mol. The van der Waals surface area contributed by atoms with Crippen LogP contribution in [0.15, 0.2) is 10.4 Å². The quantitative estimate of drug-likeness (QED) is 0.327. The molecule has 0 aliphatic carbocycles. The van der Waals surface area contributed by atoms with Gasteiger partial charge < -0.3 is 10.6 Å². The minimum Gasteiger partial charge on any atom is -0.357 e. The summed E-state index contributed by atoms with van der Waals surface area (Å²) in [4.78, 5) is 8.86. The summed E-state index contributed by atoms with van der Waals surface area (Å²) in [6.45, 7) is 8.16. The number of nitrogens with one attached hydrogen (secondary N) is 3. The smallest absolute Gasteiger partial charge is 0.211 e. The zero-order chi connectivity index (χ0) is 17.1. The van der Waals surface area contributed by atoms with Gasteiger partial charge in [0.05, 0.1) is 16.5 Å². The van der Waals surface area contributed by atoms with Gasteiger partial charge in [0.25, 0.3) is 0 Å². The summed E-state index contributed by atoms with van der Waals surface area (Å²) in [6, 6.07) is 0. The van der Waals surface area contributed by atoms with Crippen molar-refractivity contribution in [1.29, 1.82) is 0 Å². The highest BCUT2D eigenvalue weighted by molar-refractivity contribution is 7.89. The first-order valence-corrected chi connectivity index (χ1v) is 10.4. The lowest BCUT2D eigenvalue weighted by molar-refractivity contribution is 0.581. The number of aromatic nitrogens is 1. The lowest BCUT2D eigenvalue weighted by atomic mass is 10.3. The van der Waals surface area contributed by atoms with Crippen LogP contribution in [0.2, 0.25) is 0 Å². The molecule has 23 heavy (non-hydrogen) atoms. The van der Waals surface area contributed by atoms with Gasteiger partial charge in [-0.05, 0) is 27.2 Å². The zero-order valence-corrected chi connectivity index (χ0v) is 15.7. The molecule has 1 rings (SSSR count). The topological polar surface area (TPSA) is 95.5 Å². The summed E-state index contributed by atoms with van der Waals surface area (Å²) < 4.78 is 25.1. The number of rotatable bonds is 10. The van der Waals surface area contributed by atoms with Crippen LogP contribution in [0, 0.1) is 6.92 Å². The second-order valence-corrected chi connectivity index (χ2v) is 8.10. The number of thiazole rings is 1. The first-order valence-electron chi connectivity index (χ1n) is 7.87. The Hall–Kier alpha value is -1.19. The van der Waals surface area contributed by atoms with E-state index in [1.807, 2.05) is 13.8 Å². The first-order chi connectivity index (χ1) is 11.0. The van der Waals surface area contributed by atoms with Crippen molar-refractivity contribution >= 4 is 27.3 Å². The van der Waals surface area contributed by atoms with Crippen LogP contribution in [0.1, 0.15) is 31.0 Å². The summed E-state index contributed by atoms with van der Waals surface area (Å²) in [5.41, 5.74) is 1.09. The number of hydrogen-bond acceptors (Lipinski definition) is 5. The van der Waals surface area contributed by atoms with Crippen molar-refractivity contribution in [3.8, 4) is 0 Å². The standard InChI is InChI=1S/C14H27N5O2S2/c1-4-15-14(16-8-6-9-18-23(20,21)5-2)17-10-7-13-11-22-12(3)19-13/h11,18H,4-10H2,1-3H3,(H2,15,16,17). The normalized spacial score (nSPS) is 12.4. The Kier molecular flexibility index (Phi) is 9.12. The van der Waals surface area contributed by atoms with Crippen molar-refractivity contribution < 1.29 is 8.42 Å². The van der Waals surface area contributed by atoms with Crippen molar-refractivity contribution in [3.05, 3.63) is 16.1 Å². The van der Waals surface area contributed by atoms with Gasteiger partial charge in [0, 0.05) is 38.0 Å². The van der Waals surface area contributed by atoms with E-state index < -0.39 is 10.0 Å². The maximum absolute atomic E-state index is 11.3. The average Bonchev–Trinajstić information content (AvgIpc) is 2.92. The molecule has 0 fully saturated rings. The van der Waals surface area contributed by atoms with E-state index in [-0.39, 0.29) is 5.75 Å². The Morgan fingerprint density at radius 2 is 2.09 bits per heavy atom. The fraction of sp³-hybridized carbons (Fsp3) is 0.714. The summed E-state index contributed by atoms with van der Waals surface area (Å²) in [5.74, 6) is 0.856. The van der Waals surface area contributed by atoms with Gasteiger partial charge in [-0.3, -0.25) is 4.99 Å². The van der Waals surface area contributed by atoms with Crippen LogP contribution in [0.3, 0.4) is 0 Å². The molecule has 0 radical (unpaired) electrons. The van der Waals surface area contributed by atoms with E-state index in [1.165, 1.54) is 0 Å². The Morgan fingerprint density at radius 1 is 1.30 bits per heavy atom. The van der Waals surface area contributed by atoms with Crippen molar-refractivity contribution in [2.75, 3.05) is 31.9 Å². The monoisotopic (exact) mass is 361 g/mol. The fourth-order valence-electron chi connectivity index (χ4n) is 1.77. The predicted molar refractivity (Wildman–Crippen MR) is 96.6 cm³/mol. The largest absolute Gasteiger partial charge is 0.357 e. The van der Waals surface area contributed by atoms with Gasteiger partial charge in [-0.15, -0.1) is 11.3 Å². The lowest BCUT2D eigenvalue weighted by Crippen LogP contribution is -2.38. The molecule has 0 bridgehead atoms. The summed E-state index contributed by atoms with van der Waals surface area (Å²) in [5, 5.41) is 9.59. The molecule has 1 aromatic heterocycles. The van der Waals surface area contributed by atoms with Gasteiger partial charge in [-0.2, -0.15) is 0 Å². The molecule has 0 atom stereocenters. The van der Waals surface area contributed by atoms with E-state index in [9.17, 15) is 8.42 Å². The lowest BCUT2D eigenvalue weighted by Gasteiger charge is -2.10. The van der Waals surface area contributed by atoms with Gasteiger partial charge in [0.15, 0.2) is 5.96 Å². The first kappa shape index (κ1) is 19.9. The van der Waals surface area contributed by atoms with Gasteiger partial charge >= 0.3 is 0 Å². The highest BCUT2D eigenvalue weighted by Gasteiger charge is 2.04. The van der Waals surface area contributed by atoms with Gasteiger partial charge in [0.2, 0.25) is 10.0 Å². The predicted octanol–water partition coefficient (Wildman–Crippen LogP) is 0.879. The van der Waals surface area contributed by atoms with E-state index in [2.05, 4.69) is 30.7 Å². The van der Waals surface area contributed by atoms with Crippen LogP contribution in [0.25, 0.3) is 0 Å². The van der Waals surface area contributed by atoms with E-state index in [0.717, 1.165) is 36.2 Å². The molecule has 0 saturated heterocycles. The van der Waals surface area contributed by atoms with Crippen LogP contribution < -0.4 is 15.4 Å². The SMILES string of the molecule is CCNC(=NCCCNS(=O)(=O)CC)NCCc1csc(C)n1. The summed E-state index contributed by atoms with van der Waals surface area (Å²) in [7, 11) is -3.11. The molecule has 0 aliphatic heterocycles. The second kappa shape index (κ2) is 10.6. The molecule has 1 heterocycles. The zero-order valence-electron chi connectivity index (χ0n) is 14.1. The number of aliphatic imine (C=N–C) groups is 1. The maximum atomic E-state index is 11.3. The van der Waals surface area contributed by atoms with Gasteiger partial charge in [0.1, 0.15) is 0 Å². The van der Waals surface area contributed by atoms with Gasteiger partial charge in [-0.1, -0.05) is 0 Å². The van der Waals surface area contributed by atoms with Crippen molar-refractivity contribution in [2.45, 2.75) is 33.6 Å². The molecule has 1 aromatic rings. The van der Waals surface area contributed by atoms with Crippen LogP contribution >= 0.6 is 11.3 Å². The van der Waals surface area contributed by atoms with E-state index in [4.69, 9.17) is 0 Å². The van der Waals surface area contributed by atoms with E-state index in [0.29, 0.717) is 19.5 Å². The maximum Gasteiger partial charge on any atom is 0.211 e. The molecule has 0 spiro atoms. The van der Waals surface area contributed by atoms with Crippen molar-refractivity contribution in [2.24, 2.45) is 4.99 Å². The van der Waals surface area contributed by atoms with Gasteiger partial charge in [-0.25, -0.2) is 18.1 Å². The second-order valence-electron chi connectivity index (χ2n) is 4.95. The molecule has 9 heteroatoms. The van der Waals surface area contributed by atoms with E-state index >= 15 is 0 Å². The minimum absolute atomic E-state index is 0.108. The molecular formula is C14H27N5O2S2. The van der Waals surface area contributed by atoms with Crippen molar-refractivity contribution in [3.63, 3.8) is 0 Å². The molecule has 7 nitrogen and oxygen atoms in total. The molecule has 0 amide bonds. The van der Waals surface area contributed by atoms with Crippen LogP contribution in [-0.4, -0.2) is 51.3 Å². The Labute approximate surface area is 143 Å². The molecule has 132 valence electrons. The summed E-state index contributed by atoms with van der Waals surface area (Å²) in [6.07, 6.45) is 1.52. The summed E-state index contributed by atoms with van der Waals surface area (Å²) >= 11 is 1.66. The minimum atomic E-state index is -3.11. The third kappa shape index (κ3) is 8.87. The Balaban J connectivity index is 2.29. The van der Waals surface area contributed by atoms with Crippen molar-refractivity contribution in [1.82, 2.24) is 20.3 Å². The number of sulfonamides is 1. The van der Waals surface area contributed by atoms with E-state index in [1.54, 1.807) is 18.3 Å². The third-order valence-electron chi connectivity index (χ3n) is 2.99. The average molecular weight is 362 g/mol. The molecule has 0 aromatic carbocycles. The fourth-order valence-corrected chi connectivity index (χ4v) is 3.08. The van der Waals surface area contributed by atoms with Crippen LogP contribution in [0.4, 0.5) is 0 Å². The molecule has 3 N–H and O–H groups in total. The molecule has 0 saturated carbocycles. The van der Waals surface area contributed by atoms with Crippen LogP contribution in [0.5, 0.6) is 0 Å². The Bertz CT molecular complexity index is 584. The number of aryl methyl sites for hydroxylation is 1.